The Kier molecular flexibility index (Phi) is 5.94. The Hall–Kier alpha value is -3.39. The molecular formula is C22H23N3O5. The first kappa shape index (κ1) is 19.9. The van der Waals surface area contributed by atoms with Crippen molar-refractivity contribution in [2.24, 2.45) is 0 Å². The summed E-state index contributed by atoms with van der Waals surface area (Å²) in [6.07, 6.45) is 1.99. The first-order valence-corrected chi connectivity index (χ1v) is 9.82. The van der Waals surface area contributed by atoms with E-state index in [1.165, 1.54) is 0 Å². The predicted molar refractivity (Wildman–Crippen MR) is 110 cm³/mol. The van der Waals surface area contributed by atoms with E-state index in [9.17, 15) is 9.59 Å². The molecule has 0 saturated carbocycles. The number of ether oxygens (including phenoxy) is 3. The van der Waals surface area contributed by atoms with Gasteiger partial charge in [0.15, 0.2) is 6.61 Å². The van der Waals surface area contributed by atoms with E-state index in [4.69, 9.17) is 14.2 Å². The summed E-state index contributed by atoms with van der Waals surface area (Å²) in [5, 5.41) is 2.72. The lowest BCUT2D eigenvalue weighted by Crippen LogP contribution is -2.34. The fourth-order valence-electron chi connectivity index (χ4n) is 3.32. The number of methoxy groups -OCH3 is 1. The molecule has 1 fully saturated rings. The number of rotatable bonds is 7. The molecule has 2 aromatic carbocycles. The van der Waals surface area contributed by atoms with Crippen LogP contribution >= 0.6 is 0 Å². The molecule has 8 nitrogen and oxygen atoms in total. The number of fused-ring (bicyclic) bond motifs is 1. The summed E-state index contributed by atoms with van der Waals surface area (Å²) in [6, 6.07) is 12.6. The second-order valence-electron chi connectivity index (χ2n) is 7.06. The number of esters is 1. The van der Waals surface area contributed by atoms with Gasteiger partial charge in [0, 0.05) is 18.7 Å². The SMILES string of the molecule is COc1ccc(-c2nc3ccc(C(=O)OCC(=O)NCC4CCCO4)cc3[nH]2)cc1. The number of carbonyl (C=O) groups excluding carboxylic acids is 2. The maximum absolute atomic E-state index is 12.3. The van der Waals surface area contributed by atoms with Crippen LogP contribution in [0.5, 0.6) is 5.75 Å². The molecular weight excluding hydrogens is 386 g/mol. The first-order valence-electron chi connectivity index (χ1n) is 9.82. The maximum atomic E-state index is 12.3. The maximum Gasteiger partial charge on any atom is 0.338 e. The second kappa shape index (κ2) is 8.96. The lowest BCUT2D eigenvalue weighted by molar-refractivity contribution is -0.124. The van der Waals surface area contributed by atoms with Crippen molar-refractivity contribution in [3.63, 3.8) is 0 Å². The average Bonchev–Trinajstić information content (AvgIpc) is 3.45. The highest BCUT2D eigenvalue weighted by molar-refractivity contribution is 5.95. The van der Waals surface area contributed by atoms with Gasteiger partial charge in [0.25, 0.3) is 5.91 Å². The quantitative estimate of drug-likeness (QED) is 0.582. The lowest BCUT2D eigenvalue weighted by atomic mass is 10.2. The first-order chi connectivity index (χ1) is 14.6. The lowest BCUT2D eigenvalue weighted by Gasteiger charge is -2.11. The number of H-pyrrole nitrogens is 1. The van der Waals surface area contributed by atoms with Gasteiger partial charge in [0.2, 0.25) is 0 Å². The van der Waals surface area contributed by atoms with E-state index in [0.29, 0.717) is 23.4 Å². The molecule has 0 bridgehead atoms. The van der Waals surface area contributed by atoms with E-state index in [2.05, 4.69) is 15.3 Å². The zero-order valence-electron chi connectivity index (χ0n) is 16.6. The Balaban J connectivity index is 1.37. The van der Waals surface area contributed by atoms with E-state index in [0.717, 1.165) is 36.3 Å². The van der Waals surface area contributed by atoms with Gasteiger partial charge in [-0.2, -0.15) is 0 Å². The number of hydrogen-bond acceptors (Lipinski definition) is 6. The topological polar surface area (TPSA) is 103 Å². The third-order valence-electron chi connectivity index (χ3n) is 4.97. The number of imidazole rings is 1. The molecule has 3 aromatic rings. The highest BCUT2D eigenvalue weighted by Crippen LogP contribution is 2.23. The molecule has 30 heavy (non-hydrogen) atoms. The van der Waals surface area contributed by atoms with Gasteiger partial charge >= 0.3 is 5.97 Å². The van der Waals surface area contributed by atoms with Gasteiger partial charge in [-0.1, -0.05) is 0 Å². The molecule has 1 amide bonds. The molecule has 4 rings (SSSR count). The van der Waals surface area contributed by atoms with Crippen molar-refractivity contribution >= 4 is 22.9 Å². The van der Waals surface area contributed by atoms with E-state index >= 15 is 0 Å². The zero-order chi connectivity index (χ0) is 20.9. The van der Waals surface area contributed by atoms with Gasteiger partial charge in [-0.15, -0.1) is 0 Å². The van der Waals surface area contributed by atoms with Crippen LogP contribution in [0.1, 0.15) is 23.2 Å². The predicted octanol–water partition coefficient (Wildman–Crippen LogP) is 2.69. The summed E-state index contributed by atoms with van der Waals surface area (Å²) >= 11 is 0. The molecule has 2 N–H and O–H groups in total. The fourth-order valence-corrected chi connectivity index (χ4v) is 3.32. The fraction of sp³-hybridized carbons (Fsp3) is 0.318. The van der Waals surface area contributed by atoms with Crippen LogP contribution in [0.15, 0.2) is 42.5 Å². The number of amides is 1. The molecule has 8 heteroatoms. The summed E-state index contributed by atoms with van der Waals surface area (Å²) in [4.78, 5) is 32.0. The van der Waals surface area contributed by atoms with Gasteiger partial charge in [0.05, 0.1) is 29.8 Å². The van der Waals surface area contributed by atoms with E-state index in [1.54, 1.807) is 25.3 Å². The number of benzene rings is 2. The van der Waals surface area contributed by atoms with Crippen molar-refractivity contribution in [2.75, 3.05) is 26.9 Å². The van der Waals surface area contributed by atoms with Gasteiger partial charge < -0.3 is 24.5 Å². The summed E-state index contributed by atoms with van der Waals surface area (Å²) in [6.45, 7) is 0.833. The number of aromatic nitrogens is 2. The third kappa shape index (κ3) is 4.60. The molecule has 1 aliphatic heterocycles. The van der Waals surface area contributed by atoms with Crippen LogP contribution in [0.25, 0.3) is 22.4 Å². The molecule has 2 heterocycles. The minimum absolute atomic E-state index is 0.0485. The van der Waals surface area contributed by atoms with Gasteiger partial charge in [0.1, 0.15) is 11.6 Å². The van der Waals surface area contributed by atoms with Crippen molar-refractivity contribution in [1.29, 1.82) is 0 Å². The highest BCUT2D eigenvalue weighted by Gasteiger charge is 2.17. The van der Waals surface area contributed by atoms with E-state index < -0.39 is 5.97 Å². The molecule has 1 atom stereocenters. The number of hydrogen-bond donors (Lipinski definition) is 2. The Morgan fingerprint density at radius 3 is 2.80 bits per heavy atom. The summed E-state index contributed by atoms with van der Waals surface area (Å²) in [5.74, 6) is 0.541. The molecule has 1 aliphatic rings. The normalized spacial score (nSPS) is 15.8. The van der Waals surface area contributed by atoms with Crippen LogP contribution in [0, 0.1) is 0 Å². The summed E-state index contributed by atoms with van der Waals surface area (Å²) < 4.78 is 15.7. The Labute approximate surface area is 173 Å². The molecule has 156 valence electrons. The number of nitrogens with zero attached hydrogens (tertiary/aromatic N) is 1. The van der Waals surface area contributed by atoms with Crippen LogP contribution in [0.4, 0.5) is 0 Å². The molecule has 0 aliphatic carbocycles. The Morgan fingerprint density at radius 2 is 2.07 bits per heavy atom. The highest BCUT2D eigenvalue weighted by atomic mass is 16.5. The van der Waals surface area contributed by atoms with Gasteiger partial charge in [-0.05, 0) is 55.3 Å². The zero-order valence-corrected chi connectivity index (χ0v) is 16.6. The van der Waals surface area contributed by atoms with Crippen LogP contribution < -0.4 is 10.1 Å². The van der Waals surface area contributed by atoms with Crippen LogP contribution in [-0.2, 0) is 14.3 Å². The average molecular weight is 409 g/mol. The second-order valence-corrected chi connectivity index (χ2v) is 7.06. The molecule has 1 aromatic heterocycles. The standard InChI is InChI=1S/C22H23N3O5/c1-28-16-7-4-14(5-8-16)21-24-18-9-6-15(11-19(18)25-21)22(27)30-13-20(26)23-12-17-3-2-10-29-17/h4-9,11,17H,2-3,10,12-13H2,1H3,(H,23,26)(H,24,25). The number of carbonyl (C=O) groups is 2. The molecule has 1 unspecified atom stereocenters. The summed E-state index contributed by atoms with van der Waals surface area (Å²) in [7, 11) is 1.62. The van der Waals surface area contributed by atoms with Crippen LogP contribution in [0.3, 0.4) is 0 Å². The van der Waals surface area contributed by atoms with Crippen LogP contribution in [0.2, 0.25) is 0 Å². The largest absolute Gasteiger partial charge is 0.497 e. The van der Waals surface area contributed by atoms with Gasteiger partial charge in [-0.3, -0.25) is 4.79 Å². The molecule has 0 spiro atoms. The van der Waals surface area contributed by atoms with E-state index in [-0.39, 0.29) is 18.6 Å². The van der Waals surface area contributed by atoms with Crippen molar-refractivity contribution in [3.05, 3.63) is 48.0 Å². The van der Waals surface area contributed by atoms with Gasteiger partial charge in [-0.25, -0.2) is 9.78 Å². The van der Waals surface area contributed by atoms with Crippen molar-refractivity contribution in [3.8, 4) is 17.1 Å². The molecule has 1 saturated heterocycles. The van der Waals surface area contributed by atoms with Crippen molar-refractivity contribution in [1.82, 2.24) is 15.3 Å². The Bertz CT molecular complexity index is 1040. The minimum atomic E-state index is -0.565. The monoisotopic (exact) mass is 409 g/mol. The smallest absolute Gasteiger partial charge is 0.338 e. The van der Waals surface area contributed by atoms with Crippen molar-refractivity contribution in [2.45, 2.75) is 18.9 Å². The minimum Gasteiger partial charge on any atom is -0.497 e. The third-order valence-corrected chi connectivity index (χ3v) is 4.97. The number of aromatic amines is 1. The Morgan fingerprint density at radius 1 is 1.23 bits per heavy atom. The van der Waals surface area contributed by atoms with Crippen LogP contribution in [-0.4, -0.2) is 54.8 Å². The van der Waals surface area contributed by atoms with Crippen molar-refractivity contribution < 1.29 is 23.8 Å². The summed E-state index contributed by atoms with van der Waals surface area (Å²) in [5.41, 5.74) is 2.68. The number of nitrogens with one attached hydrogen (secondary N) is 2. The molecule has 0 radical (unpaired) electrons. The van der Waals surface area contributed by atoms with E-state index in [1.807, 2.05) is 24.3 Å².